The highest BCUT2D eigenvalue weighted by Gasteiger charge is 2.29. The van der Waals surface area contributed by atoms with E-state index in [2.05, 4.69) is 0 Å². The maximum absolute atomic E-state index is 12.2. The standard InChI is InChI=1S/C20H30O4/c1-3-5-15-23-19(21)18(20(22)24-16-6-4-2)14-10-13-17-11-8-7-9-12-17/h7-9,11-12,18H,3-6,10,13-16H2,1-2H3. The summed E-state index contributed by atoms with van der Waals surface area (Å²) in [7, 11) is 0. The van der Waals surface area contributed by atoms with Gasteiger partial charge in [-0.1, -0.05) is 57.0 Å². The minimum absolute atomic E-state index is 0.368. The molecule has 0 atom stereocenters. The van der Waals surface area contributed by atoms with Gasteiger partial charge in [0.05, 0.1) is 13.2 Å². The molecule has 0 aromatic heterocycles. The zero-order valence-electron chi connectivity index (χ0n) is 15.0. The molecule has 0 fully saturated rings. The van der Waals surface area contributed by atoms with Crippen molar-refractivity contribution in [1.82, 2.24) is 0 Å². The van der Waals surface area contributed by atoms with Crippen LogP contribution in [0.15, 0.2) is 30.3 Å². The Labute approximate surface area is 145 Å². The fourth-order valence-corrected chi connectivity index (χ4v) is 2.32. The first kappa shape index (κ1) is 20.2. The highest BCUT2D eigenvalue weighted by molar-refractivity contribution is 5.94. The Hall–Kier alpha value is -1.84. The summed E-state index contributed by atoms with van der Waals surface area (Å²) in [5, 5.41) is 0. The van der Waals surface area contributed by atoms with E-state index in [0.717, 1.165) is 38.5 Å². The van der Waals surface area contributed by atoms with Gasteiger partial charge in [-0.05, 0) is 37.7 Å². The highest BCUT2D eigenvalue weighted by atomic mass is 16.6. The predicted molar refractivity (Wildman–Crippen MR) is 94.6 cm³/mol. The number of carbonyl (C=O) groups is 2. The third-order valence-electron chi connectivity index (χ3n) is 3.85. The number of esters is 2. The lowest BCUT2D eigenvalue weighted by atomic mass is 9.99. The molecule has 0 aliphatic carbocycles. The number of rotatable bonds is 12. The lowest BCUT2D eigenvalue weighted by Gasteiger charge is -2.15. The summed E-state index contributed by atoms with van der Waals surface area (Å²) in [5.74, 6) is -1.70. The summed E-state index contributed by atoms with van der Waals surface area (Å²) in [6.45, 7) is 4.80. The third-order valence-corrected chi connectivity index (χ3v) is 3.85. The zero-order valence-corrected chi connectivity index (χ0v) is 15.0. The fraction of sp³-hybridized carbons (Fsp3) is 0.600. The van der Waals surface area contributed by atoms with Crippen molar-refractivity contribution >= 4 is 11.9 Å². The smallest absolute Gasteiger partial charge is 0.320 e. The van der Waals surface area contributed by atoms with Crippen LogP contribution in [-0.2, 0) is 25.5 Å². The van der Waals surface area contributed by atoms with E-state index in [-0.39, 0.29) is 0 Å². The molecule has 0 saturated carbocycles. The minimum atomic E-state index is -0.803. The summed E-state index contributed by atoms with van der Waals surface area (Å²) in [6.07, 6.45) is 5.58. The molecular weight excluding hydrogens is 304 g/mol. The molecule has 0 spiro atoms. The van der Waals surface area contributed by atoms with Crippen molar-refractivity contribution in [3.63, 3.8) is 0 Å². The van der Waals surface area contributed by atoms with Gasteiger partial charge >= 0.3 is 11.9 Å². The van der Waals surface area contributed by atoms with Crippen LogP contribution in [0.25, 0.3) is 0 Å². The molecule has 1 rings (SSSR count). The molecule has 4 nitrogen and oxygen atoms in total. The molecule has 0 aliphatic rings. The molecule has 1 aromatic rings. The van der Waals surface area contributed by atoms with Crippen LogP contribution in [0, 0.1) is 5.92 Å². The van der Waals surface area contributed by atoms with Crippen molar-refractivity contribution in [2.24, 2.45) is 5.92 Å². The largest absolute Gasteiger partial charge is 0.465 e. The quantitative estimate of drug-likeness (QED) is 0.325. The molecule has 0 bridgehead atoms. The normalized spacial score (nSPS) is 10.6. The molecule has 0 saturated heterocycles. The molecule has 0 heterocycles. The third kappa shape index (κ3) is 8.14. The average Bonchev–Trinajstić information content (AvgIpc) is 2.60. The lowest BCUT2D eigenvalue weighted by molar-refractivity contribution is -0.162. The van der Waals surface area contributed by atoms with E-state index in [9.17, 15) is 9.59 Å². The summed E-state index contributed by atoms with van der Waals surface area (Å²) in [6, 6.07) is 10.1. The van der Waals surface area contributed by atoms with Gasteiger partial charge in [-0.15, -0.1) is 0 Å². The zero-order chi connectivity index (χ0) is 17.6. The average molecular weight is 334 g/mol. The monoisotopic (exact) mass is 334 g/mol. The second kappa shape index (κ2) is 12.6. The van der Waals surface area contributed by atoms with E-state index < -0.39 is 17.9 Å². The first-order valence-corrected chi connectivity index (χ1v) is 9.06. The Bertz CT molecular complexity index is 448. The van der Waals surface area contributed by atoms with Crippen molar-refractivity contribution in [1.29, 1.82) is 0 Å². The van der Waals surface area contributed by atoms with Gasteiger partial charge in [0.2, 0.25) is 0 Å². The van der Waals surface area contributed by atoms with Crippen LogP contribution in [0.4, 0.5) is 0 Å². The molecule has 0 aliphatic heterocycles. The van der Waals surface area contributed by atoms with Gasteiger partial charge in [0.25, 0.3) is 0 Å². The highest BCUT2D eigenvalue weighted by Crippen LogP contribution is 2.15. The second-order valence-corrected chi connectivity index (χ2v) is 5.97. The Morgan fingerprint density at radius 3 is 1.92 bits per heavy atom. The molecule has 134 valence electrons. The number of unbranched alkanes of at least 4 members (excludes halogenated alkanes) is 2. The van der Waals surface area contributed by atoms with E-state index in [1.165, 1.54) is 5.56 Å². The number of hydrogen-bond acceptors (Lipinski definition) is 4. The SMILES string of the molecule is CCCCOC(=O)C(CCCc1ccccc1)C(=O)OCCCC. The van der Waals surface area contributed by atoms with Crippen LogP contribution >= 0.6 is 0 Å². The topological polar surface area (TPSA) is 52.6 Å². The van der Waals surface area contributed by atoms with Gasteiger partial charge in [0, 0.05) is 0 Å². The maximum atomic E-state index is 12.2. The predicted octanol–water partition coefficient (Wildman–Crippen LogP) is 4.31. The van der Waals surface area contributed by atoms with Crippen molar-refractivity contribution in [2.45, 2.75) is 58.8 Å². The first-order valence-electron chi connectivity index (χ1n) is 9.06. The van der Waals surface area contributed by atoms with E-state index in [1.54, 1.807) is 0 Å². The van der Waals surface area contributed by atoms with Crippen molar-refractivity contribution in [3.05, 3.63) is 35.9 Å². The fourth-order valence-electron chi connectivity index (χ4n) is 2.32. The van der Waals surface area contributed by atoms with Crippen LogP contribution in [0.3, 0.4) is 0 Å². The van der Waals surface area contributed by atoms with Gasteiger partial charge in [0.1, 0.15) is 0 Å². The van der Waals surface area contributed by atoms with E-state index in [0.29, 0.717) is 19.6 Å². The molecule has 1 aromatic carbocycles. The van der Waals surface area contributed by atoms with Gasteiger partial charge in [-0.2, -0.15) is 0 Å². The number of ether oxygens (including phenoxy) is 2. The summed E-state index contributed by atoms with van der Waals surface area (Å²) >= 11 is 0. The molecule has 0 N–H and O–H groups in total. The van der Waals surface area contributed by atoms with Crippen molar-refractivity contribution < 1.29 is 19.1 Å². The molecule has 0 amide bonds. The molecule has 0 radical (unpaired) electrons. The number of carbonyl (C=O) groups excluding carboxylic acids is 2. The summed E-state index contributed by atoms with van der Waals surface area (Å²) < 4.78 is 10.5. The number of aryl methyl sites for hydroxylation is 1. The lowest BCUT2D eigenvalue weighted by Crippen LogP contribution is -2.28. The second-order valence-electron chi connectivity index (χ2n) is 5.97. The van der Waals surface area contributed by atoms with Crippen LogP contribution in [-0.4, -0.2) is 25.2 Å². The van der Waals surface area contributed by atoms with E-state index in [4.69, 9.17) is 9.47 Å². The Balaban J connectivity index is 2.52. The molecular formula is C20H30O4. The minimum Gasteiger partial charge on any atom is -0.465 e. The Morgan fingerprint density at radius 1 is 0.875 bits per heavy atom. The Morgan fingerprint density at radius 2 is 1.42 bits per heavy atom. The maximum Gasteiger partial charge on any atom is 0.320 e. The number of benzene rings is 1. The van der Waals surface area contributed by atoms with Gasteiger partial charge < -0.3 is 9.47 Å². The van der Waals surface area contributed by atoms with Gasteiger partial charge in [-0.3, -0.25) is 9.59 Å². The van der Waals surface area contributed by atoms with Crippen LogP contribution < -0.4 is 0 Å². The van der Waals surface area contributed by atoms with Gasteiger partial charge in [-0.25, -0.2) is 0 Å². The van der Waals surface area contributed by atoms with Crippen molar-refractivity contribution in [2.75, 3.05) is 13.2 Å². The van der Waals surface area contributed by atoms with Crippen molar-refractivity contribution in [3.8, 4) is 0 Å². The molecule has 0 unspecified atom stereocenters. The molecule has 4 heteroatoms. The first-order chi connectivity index (χ1) is 11.7. The van der Waals surface area contributed by atoms with E-state index in [1.807, 2.05) is 44.2 Å². The van der Waals surface area contributed by atoms with E-state index >= 15 is 0 Å². The molecule has 24 heavy (non-hydrogen) atoms. The van der Waals surface area contributed by atoms with Crippen LogP contribution in [0.2, 0.25) is 0 Å². The van der Waals surface area contributed by atoms with Gasteiger partial charge in [0.15, 0.2) is 5.92 Å². The number of hydrogen-bond donors (Lipinski definition) is 0. The summed E-state index contributed by atoms with van der Waals surface area (Å²) in [5.41, 5.74) is 1.20. The summed E-state index contributed by atoms with van der Waals surface area (Å²) in [4.78, 5) is 24.4. The van der Waals surface area contributed by atoms with Crippen LogP contribution in [0.5, 0.6) is 0 Å². The Kier molecular flexibility index (Phi) is 10.6. The van der Waals surface area contributed by atoms with Crippen LogP contribution in [0.1, 0.15) is 57.9 Å².